The molecule has 2 aliphatic rings. The van der Waals surface area contributed by atoms with Crippen molar-refractivity contribution < 1.29 is 15.0 Å². The molecule has 76 valence electrons. The van der Waals surface area contributed by atoms with E-state index in [1.54, 1.807) is 6.08 Å². The van der Waals surface area contributed by atoms with Crippen LogP contribution in [-0.2, 0) is 4.79 Å². The number of hydrogen-bond acceptors (Lipinski definition) is 2. The van der Waals surface area contributed by atoms with Gasteiger partial charge in [0.2, 0.25) is 0 Å². The van der Waals surface area contributed by atoms with Crippen molar-refractivity contribution in [2.75, 3.05) is 6.61 Å². The van der Waals surface area contributed by atoms with E-state index in [4.69, 9.17) is 10.2 Å². The van der Waals surface area contributed by atoms with Crippen molar-refractivity contribution in [2.45, 2.75) is 19.3 Å². The highest BCUT2D eigenvalue weighted by Crippen LogP contribution is 2.50. The Hall–Kier alpha value is -1.09. The van der Waals surface area contributed by atoms with Crippen LogP contribution in [0.2, 0.25) is 0 Å². The zero-order valence-corrected chi connectivity index (χ0v) is 7.94. The summed E-state index contributed by atoms with van der Waals surface area (Å²) >= 11 is 0. The Labute approximate surface area is 82.7 Å². The van der Waals surface area contributed by atoms with Crippen LogP contribution in [0.4, 0.5) is 0 Å². The van der Waals surface area contributed by atoms with Crippen molar-refractivity contribution in [1.82, 2.24) is 0 Å². The lowest BCUT2D eigenvalue weighted by atomic mass is 9.86. The molecule has 2 atom stereocenters. The van der Waals surface area contributed by atoms with Crippen LogP contribution < -0.4 is 0 Å². The molecule has 2 bridgehead atoms. The first-order valence-corrected chi connectivity index (χ1v) is 4.90. The van der Waals surface area contributed by atoms with Crippen molar-refractivity contribution in [3.63, 3.8) is 0 Å². The van der Waals surface area contributed by atoms with Gasteiger partial charge in [-0.25, -0.2) is 4.79 Å². The summed E-state index contributed by atoms with van der Waals surface area (Å²) in [6, 6.07) is 0. The molecule has 0 radical (unpaired) electrons. The maximum atomic E-state index is 10.7. The van der Waals surface area contributed by atoms with Crippen molar-refractivity contribution in [3.05, 3.63) is 23.8 Å². The van der Waals surface area contributed by atoms with Gasteiger partial charge in [0.1, 0.15) is 0 Å². The molecule has 2 aliphatic carbocycles. The monoisotopic (exact) mass is 194 g/mol. The highest BCUT2D eigenvalue weighted by atomic mass is 16.4. The minimum Gasteiger partial charge on any atom is -0.478 e. The third-order valence-corrected chi connectivity index (χ3v) is 3.23. The van der Waals surface area contributed by atoms with Gasteiger partial charge in [0.25, 0.3) is 0 Å². The third-order valence-electron chi connectivity index (χ3n) is 3.23. The quantitative estimate of drug-likeness (QED) is 0.526. The predicted molar refractivity (Wildman–Crippen MR) is 51.7 cm³/mol. The van der Waals surface area contributed by atoms with Gasteiger partial charge in [-0.15, -0.1) is 0 Å². The summed E-state index contributed by atoms with van der Waals surface area (Å²) in [4.78, 5) is 10.7. The van der Waals surface area contributed by atoms with E-state index in [9.17, 15) is 4.79 Å². The first kappa shape index (κ1) is 9.46. The Kier molecular flexibility index (Phi) is 2.19. The molecule has 1 fully saturated rings. The van der Waals surface area contributed by atoms with Gasteiger partial charge in [-0.3, -0.25) is 0 Å². The fraction of sp³-hybridized carbons (Fsp3) is 0.545. The zero-order chi connectivity index (χ0) is 10.2. The Morgan fingerprint density at radius 3 is 2.79 bits per heavy atom. The molecular formula is C11H14O3. The summed E-state index contributed by atoms with van der Waals surface area (Å²) in [5, 5.41) is 17.7. The average Bonchev–Trinajstić information content (AvgIpc) is 2.73. The van der Waals surface area contributed by atoms with Crippen LogP contribution >= 0.6 is 0 Å². The molecule has 0 aromatic carbocycles. The molecule has 0 spiro atoms. The van der Waals surface area contributed by atoms with Crippen molar-refractivity contribution in [3.8, 4) is 0 Å². The Morgan fingerprint density at radius 1 is 1.64 bits per heavy atom. The molecule has 14 heavy (non-hydrogen) atoms. The summed E-state index contributed by atoms with van der Waals surface area (Å²) in [5.41, 5.74) is 0.0541. The maximum absolute atomic E-state index is 10.7. The van der Waals surface area contributed by atoms with Gasteiger partial charge in [-0.2, -0.15) is 0 Å². The highest BCUT2D eigenvalue weighted by molar-refractivity contribution is 5.87. The molecule has 0 aromatic heterocycles. The van der Waals surface area contributed by atoms with Gasteiger partial charge < -0.3 is 10.2 Å². The number of aliphatic hydroxyl groups excluding tert-OH is 1. The zero-order valence-electron chi connectivity index (χ0n) is 7.94. The Morgan fingerprint density at radius 2 is 2.43 bits per heavy atom. The maximum Gasteiger partial charge on any atom is 0.333 e. The summed E-state index contributed by atoms with van der Waals surface area (Å²) in [6.45, 7) is -0.379. The Balaban J connectivity index is 2.23. The molecule has 2 unspecified atom stereocenters. The lowest BCUT2D eigenvalue weighted by molar-refractivity contribution is -0.133. The summed E-state index contributed by atoms with van der Waals surface area (Å²) in [5.74, 6) is -0.384. The molecule has 1 saturated carbocycles. The molecular weight excluding hydrogens is 180 g/mol. The average molecular weight is 194 g/mol. The number of carboxylic acids is 1. The fourth-order valence-electron chi connectivity index (χ4n) is 2.49. The first-order valence-electron chi connectivity index (χ1n) is 4.90. The first-order chi connectivity index (χ1) is 6.65. The smallest absolute Gasteiger partial charge is 0.333 e. The lowest BCUT2D eigenvalue weighted by Gasteiger charge is -2.19. The fourth-order valence-corrected chi connectivity index (χ4v) is 2.49. The van der Waals surface area contributed by atoms with Crippen LogP contribution in [-0.4, -0.2) is 22.8 Å². The SMILES string of the molecule is O=C(O)C(=CC12C=CC(CC1)C2)CO. The van der Waals surface area contributed by atoms with Crippen LogP contribution in [0.25, 0.3) is 0 Å². The van der Waals surface area contributed by atoms with E-state index < -0.39 is 5.97 Å². The van der Waals surface area contributed by atoms with Crippen LogP contribution in [0, 0.1) is 11.3 Å². The molecule has 2 N–H and O–H groups in total. The van der Waals surface area contributed by atoms with Crippen molar-refractivity contribution in [2.24, 2.45) is 11.3 Å². The number of aliphatic hydroxyl groups is 1. The minimum absolute atomic E-state index is 0.0683. The van der Waals surface area contributed by atoms with Crippen molar-refractivity contribution in [1.29, 1.82) is 0 Å². The third kappa shape index (κ3) is 1.48. The number of hydrogen-bond donors (Lipinski definition) is 2. The topological polar surface area (TPSA) is 57.5 Å². The van der Waals surface area contributed by atoms with Gasteiger partial charge in [-0.1, -0.05) is 18.2 Å². The molecule has 0 saturated heterocycles. The van der Waals surface area contributed by atoms with E-state index in [0.717, 1.165) is 19.3 Å². The van der Waals surface area contributed by atoms with E-state index in [2.05, 4.69) is 12.2 Å². The minimum atomic E-state index is -1.01. The lowest BCUT2D eigenvalue weighted by Crippen LogP contribution is -2.13. The molecule has 0 aliphatic heterocycles. The van der Waals surface area contributed by atoms with Crippen LogP contribution in [0.15, 0.2) is 23.8 Å². The number of carboxylic acid groups (broad SMARTS) is 1. The molecule has 3 heteroatoms. The summed E-state index contributed by atoms with van der Waals surface area (Å²) in [7, 11) is 0. The molecule has 0 aromatic rings. The molecule has 2 rings (SSSR count). The van der Waals surface area contributed by atoms with Crippen molar-refractivity contribution >= 4 is 5.97 Å². The van der Waals surface area contributed by atoms with Gasteiger partial charge in [0.05, 0.1) is 12.2 Å². The molecule has 0 amide bonds. The van der Waals surface area contributed by atoms with Gasteiger partial charge in [-0.05, 0) is 25.2 Å². The van der Waals surface area contributed by atoms with E-state index in [1.807, 2.05) is 0 Å². The Bertz CT molecular complexity index is 316. The number of aliphatic carboxylic acids is 1. The molecule has 3 nitrogen and oxygen atoms in total. The van der Waals surface area contributed by atoms with Crippen LogP contribution in [0.5, 0.6) is 0 Å². The predicted octanol–water partition coefficient (Wildman–Crippen LogP) is 1.35. The van der Waals surface area contributed by atoms with Crippen LogP contribution in [0.3, 0.4) is 0 Å². The number of fused-ring (bicyclic) bond motifs is 2. The second kappa shape index (κ2) is 3.24. The number of allylic oxidation sites excluding steroid dienone is 3. The van der Waals surface area contributed by atoms with E-state index in [0.29, 0.717) is 5.92 Å². The summed E-state index contributed by atoms with van der Waals surface area (Å²) < 4.78 is 0. The van der Waals surface area contributed by atoms with Gasteiger partial charge >= 0.3 is 5.97 Å². The standard InChI is InChI=1S/C11H14O3/c12-7-9(10(13)14)6-11-3-1-8(5-11)2-4-11/h1,3,6,8,12H,2,4-5,7H2,(H,13,14). The van der Waals surface area contributed by atoms with E-state index in [-0.39, 0.29) is 17.6 Å². The normalized spacial score (nSPS) is 35.2. The van der Waals surface area contributed by atoms with Crippen LogP contribution in [0.1, 0.15) is 19.3 Å². The van der Waals surface area contributed by atoms with Gasteiger partial charge in [0, 0.05) is 5.41 Å². The largest absolute Gasteiger partial charge is 0.478 e. The summed E-state index contributed by atoms with van der Waals surface area (Å²) in [6.07, 6.45) is 9.18. The van der Waals surface area contributed by atoms with E-state index in [1.165, 1.54) is 0 Å². The highest BCUT2D eigenvalue weighted by Gasteiger charge is 2.39. The van der Waals surface area contributed by atoms with Gasteiger partial charge in [0.15, 0.2) is 0 Å². The van der Waals surface area contributed by atoms with E-state index >= 15 is 0 Å². The number of carbonyl (C=O) groups is 1. The second-order valence-electron chi connectivity index (χ2n) is 4.23. The molecule has 0 heterocycles. The number of rotatable bonds is 3. The second-order valence-corrected chi connectivity index (χ2v) is 4.23.